The number of nitrogens with one attached hydrogen (secondary N) is 2. The summed E-state index contributed by atoms with van der Waals surface area (Å²) in [4.78, 5) is 22.0. The van der Waals surface area contributed by atoms with E-state index >= 15 is 0 Å². The number of halogens is 1. The Hall–Kier alpha value is -1.95. The van der Waals surface area contributed by atoms with Crippen molar-refractivity contribution in [2.45, 2.75) is 25.7 Å². The van der Waals surface area contributed by atoms with Crippen molar-refractivity contribution in [2.75, 3.05) is 19.0 Å². The van der Waals surface area contributed by atoms with E-state index in [2.05, 4.69) is 10.6 Å². The Morgan fingerprint density at radius 1 is 1.29 bits per heavy atom. The third-order valence-corrected chi connectivity index (χ3v) is 3.10. The fraction of sp³-hybridized carbons (Fsp3) is 0.429. The van der Waals surface area contributed by atoms with E-state index in [0.717, 1.165) is 12.8 Å². The van der Waals surface area contributed by atoms with Crippen LogP contribution in [0, 0.1) is 0 Å². The maximum Gasteiger partial charge on any atom is 0.319 e. The largest absolute Gasteiger partial charge is 0.497 e. The number of unbranched alkanes of at least 4 members (excludes halogenated alkanes) is 2. The number of hydrogen-bond donors (Lipinski definition) is 3. The molecule has 0 radical (unpaired) electrons. The molecule has 0 spiro atoms. The lowest BCUT2D eigenvalue weighted by atomic mass is 10.2. The summed E-state index contributed by atoms with van der Waals surface area (Å²) in [6, 6.07) is 4.62. The van der Waals surface area contributed by atoms with Crippen molar-refractivity contribution >= 4 is 29.3 Å². The number of aliphatic carboxylic acids is 1. The van der Waals surface area contributed by atoms with Gasteiger partial charge >= 0.3 is 12.0 Å². The minimum absolute atomic E-state index is 0.158. The Labute approximate surface area is 128 Å². The van der Waals surface area contributed by atoms with Crippen molar-refractivity contribution in [1.29, 1.82) is 0 Å². The minimum Gasteiger partial charge on any atom is -0.497 e. The van der Waals surface area contributed by atoms with E-state index in [1.54, 1.807) is 18.2 Å². The number of carboxylic acid groups (broad SMARTS) is 1. The topological polar surface area (TPSA) is 87.7 Å². The van der Waals surface area contributed by atoms with Crippen molar-refractivity contribution in [2.24, 2.45) is 0 Å². The van der Waals surface area contributed by atoms with E-state index in [-0.39, 0.29) is 12.5 Å². The standard InChI is InChI=1S/C14H19ClN2O4/c1-21-10-6-7-11(15)12(9-10)17-14(20)16-8-4-2-3-5-13(18)19/h6-7,9H,2-5,8H2,1H3,(H,18,19)(H2,16,17,20). The number of ether oxygens (including phenoxy) is 1. The third kappa shape index (κ3) is 6.85. The van der Waals surface area contributed by atoms with Crippen LogP contribution < -0.4 is 15.4 Å². The molecule has 7 heteroatoms. The molecule has 0 aliphatic rings. The average Bonchev–Trinajstić information content (AvgIpc) is 2.44. The predicted octanol–water partition coefficient (Wildman–Crippen LogP) is 3.12. The van der Waals surface area contributed by atoms with Crippen LogP contribution in [0.3, 0.4) is 0 Å². The fourth-order valence-electron chi connectivity index (χ4n) is 1.67. The van der Waals surface area contributed by atoms with Crippen LogP contribution in [0.25, 0.3) is 0 Å². The molecule has 21 heavy (non-hydrogen) atoms. The van der Waals surface area contributed by atoms with Gasteiger partial charge in [-0.05, 0) is 25.0 Å². The van der Waals surface area contributed by atoms with Crippen LogP contribution in [0.15, 0.2) is 18.2 Å². The number of carbonyl (C=O) groups excluding carboxylic acids is 1. The van der Waals surface area contributed by atoms with Crippen LogP contribution in [-0.4, -0.2) is 30.8 Å². The Bertz CT molecular complexity index is 494. The quantitative estimate of drug-likeness (QED) is 0.643. The Morgan fingerprint density at radius 2 is 2.05 bits per heavy atom. The molecule has 0 saturated carbocycles. The minimum atomic E-state index is -0.798. The van der Waals surface area contributed by atoms with Crippen LogP contribution in [0.2, 0.25) is 5.02 Å². The van der Waals surface area contributed by atoms with Crippen molar-refractivity contribution in [1.82, 2.24) is 5.32 Å². The van der Waals surface area contributed by atoms with Gasteiger partial charge < -0.3 is 20.5 Å². The number of hydrogen-bond acceptors (Lipinski definition) is 3. The van der Waals surface area contributed by atoms with Gasteiger partial charge in [0, 0.05) is 19.0 Å². The molecule has 1 aromatic rings. The Morgan fingerprint density at radius 3 is 2.71 bits per heavy atom. The lowest BCUT2D eigenvalue weighted by Gasteiger charge is -2.10. The number of carbonyl (C=O) groups is 2. The molecule has 0 aromatic heterocycles. The number of methoxy groups -OCH3 is 1. The molecule has 0 aliphatic carbocycles. The van der Waals surface area contributed by atoms with Crippen LogP contribution in [-0.2, 0) is 4.79 Å². The maximum absolute atomic E-state index is 11.7. The number of amides is 2. The third-order valence-electron chi connectivity index (χ3n) is 2.77. The van der Waals surface area contributed by atoms with E-state index in [1.165, 1.54) is 7.11 Å². The first-order valence-electron chi connectivity index (χ1n) is 6.63. The first kappa shape index (κ1) is 17.1. The molecule has 0 saturated heterocycles. The summed E-state index contributed by atoms with van der Waals surface area (Å²) in [7, 11) is 1.53. The van der Waals surface area contributed by atoms with Crippen LogP contribution in [0.1, 0.15) is 25.7 Å². The van der Waals surface area contributed by atoms with Gasteiger partial charge in [0.15, 0.2) is 0 Å². The molecular weight excluding hydrogens is 296 g/mol. The van der Waals surface area contributed by atoms with Gasteiger partial charge in [-0.1, -0.05) is 18.0 Å². The van der Waals surface area contributed by atoms with E-state index in [4.69, 9.17) is 21.4 Å². The van der Waals surface area contributed by atoms with E-state index in [0.29, 0.717) is 29.4 Å². The highest BCUT2D eigenvalue weighted by molar-refractivity contribution is 6.33. The van der Waals surface area contributed by atoms with Crippen molar-refractivity contribution in [3.05, 3.63) is 23.2 Å². The van der Waals surface area contributed by atoms with E-state index < -0.39 is 5.97 Å². The summed E-state index contributed by atoms with van der Waals surface area (Å²) in [5.74, 6) is -0.197. The molecule has 2 amide bonds. The number of carboxylic acids is 1. The molecule has 0 aliphatic heterocycles. The van der Waals surface area contributed by atoms with Gasteiger partial charge in [-0.2, -0.15) is 0 Å². The molecular formula is C14H19ClN2O4. The summed E-state index contributed by atoms with van der Waals surface area (Å²) >= 11 is 5.98. The first-order valence-corrected chi connectivity index (χ1v) is 7.01. The highest BCUT2D eigenvalue weighted by Gasteiger charge is 2.06. The highest BCUT2D eigenvalue weighted by atomic mass is 35.5. The summed E-state index contributed by atoms with van der Waals surface area (Å²) in [6.45, 7) is 0.479. The van der Waals surface area contributed by atoms with Gasteiger partial charge in [0.2, 0.25) is 0 Å². The van der Waals surface area contributed by atoms with E-state index in [1.807, 2.05) is 0 Å². The second-order valence-corrected chi connectivity index (χ2v) is 4.84. The molecule has 0 atom stereocenters. The lowest BCUT2D eigenvalue weighted by molar-refractivity contribution is -0.137. The van der Waals surface area contributed by atoms with Gasteiger partial charge in [0.25, 0.3) is 0 Å². The molecule has 0 fully saturated rings. The fourth-order valence-corrected chi connectivity index (χ4v) is 1.84. The Kier molecular flexibility index (Phi) is 7.39. The molecule has 0 unspecified atom stereocenters. The molecule has 0 bridgehead atoms. The van der Waals surface area contributed by atoms with Gasteiger partial charge in [-0.3, -0.25) is 4.79 Å². The zero-order chi connectivity index (χ0) is 15.7. The first-order chi connectivity index (χ1) is 10.0. The number of urea groups is 1. The van der Waals surface area contributed by atoms with Gasteiger partial charge in [0.05, 0.1) is 17.8 Å². The van der Waals surface area contributed by atoms with Gasteiger partial charge in [-0.15, -0.1) is 0 Å². The summed E-state index contributed by atoms with van der Waals surface area (Å²) in [6.07, 6.45) is 2.25. The molecule has 0 heterocycles. The van der Waals surface area contributed by atoms with Gasteiger partial charge in [0.1, 0.15) is 5.75 Å². The second-order valence-electron chi connectivity index (χ2n) is 4.43. The zero-order valence-corrected chi connectivity index (χ0v) is 12.6. The summed E-state index contributed by atoms with van der Waals surface area (Å²) in [5, 5.41) is 14.2. The number of rotatable bonds is 8. The smallest absolute Gasteiger partial charge is 0.319 e. The van der Waals surface area contributed by atoms with Gasteiger partial charge in [-0.25, -0.2) is 4.79 Å². The highest BCUT2D eigenvalue weighted by Crippen LogP contribution is 2.26. The van der Waals surface area contributed by atoms with Crippen LogP contribution >= 0.6 is 11.6 Å². The SMILES string of the molecule is COc1ccc(Cl)c(NC(=O)NCCCCCC(=O)O)c1. The predicted molar refractivity (Wildman–Crippen MR) is 81.1 cm³/mol. The van der Waals surface area contributed by atoms with Crippen LogP contribution in [0.4, 0.5) is 10.5 Å². The number of anilines is 1. The Balaban J connectivity index is 2.29. The monoisotopic (exact) mass is 314 g/mol. The van der Waals surface area contributed by atoms with E-state index in [9.17, 15) is 9.59 Å². The average molecular weight is 315 g/mol. The maximum atomic E-state index is 11.7. The lowest BCUT2D eigenvalue weighted by Crippen LogP contribution is -2.29. The molecule has 6 nitrogen and oxygen atoms in total. The molecule has 3 N–H and O–H groups in total. The van der Waals surface area contributed by atoms with Crippen LogP contribution in [0.5, 0.6) is 5.75 Å². The second kappa shape index (κ2) is 9.07. The zero-order valence-electron chi connectivity index (χ0n) is 11.8. The molecule has 1 aromatic carbocycles. The van der Waals surface area contributed by atoms with Crippen molar-refractivity contribution < 1.29 is 19.4 Å². The number of benzene rings is 1. The summed E-state index contributed by atoms with van der Waals surface area (Å²) < 4.78 is 5.06. The summed E-state index contributed by atoms with van der Waals surface area (Å²) in [5.41, 5.74) is 0.472. The van der Waals surface area contributed by atoms with Crippen molar-refractivity contribution in [3.8, 4) is 5.75 Å². The normalized spacial score (nSPS) is 10.0. The van der Waals surface area contributed by atoms with Crippen molar-refractivity contribution in [3.63, 3.8) is 0 Å². The molecule has 116 valence electrons. The molecule has 1 rings (SSSR count).